The fourth-order valence-electron chi connectivity index (χ4n) is 1.34. The van der Waals surface area contributed by atoms with Gasteiger partial charge in [0.1, 0.15) is 10.9 Å². The average molecular weight is 203 g/mol. The minimum absolute atomic E-state index is 0.809. The highest BCUT2D eigenvalue weighted by molar-refractivity contribution is 7.12. The van der Waals surface area contributed by atoms with E-state index in [-0.39, 0.29) is 0 Å². The standard InChI is InChI=1S/C11H9NOS/c1-8-4-10(14-11(8)6-12)5-9-2-3-13-7-9/h2-4,7H,5H2,1H3. The highest BCUT2D eigenvalue weighted by atomic mass is 32.1. The number of rotatable bonds is 2. The fraction of sp³-hybridized carbons (Fsp3) is 0.182. The average Bonchev–Trinajstić information content (AvgIpc) is 2.76. The Kier molecular flexibility index (Phi) is 2.38. The lowest BCUT2D eigenvalue weighted by atomic mass is 10.2. The van der Waals surface area contributed by atoms with Gasteiger partial charge in [0.15, 0.2) is 0 Å². The molecule has 0 spiro atoms. The summed E-state index contributed by atoms with van der Waals surface area (Å²) < 4.78 is 4.99. The van der Waals surface area contributed by atoms with E-state index in [1.54, 1.807) is 23.9 Å². The van der Waals surface area contributed by atoms with Gasteiger partial charge in [-0.25, -0.2) is 0 Å². The summed E-state index contributed by atoms with van der Waals surface area (Å²) in [6, 6.07) is 6.20. The molecule has 14 heavy (non-hydrogen) atoms. The van der Waals surface area contributed by atoms with Crippen molar-refractivity contribution in [1.82, 2.24) is 0 Å². The quantitative estimate of drug-likeness (QED) is 0.752. The zero-order valence-corrected chi connectivity index (χ0v) is 8.60. The smallest absolute Gasteiger partial charge is 0.110 e. The van der Waals surface area contributed by atoms with Crippen molar-refractivity contribution in [2.75, 3.05) is 0 Å². The van der Waals surface area contributed by atoms with Crippen LogP contribution in [0.2, 0.25) is 0 Å². The van der Waals surface area contributed by atoms with Gasteiger partial charge in [-0.05, 0) is 30.2 Å². The van der Waals surface area contributed by atoms with Crippen LogP contribution in [0.5, 0.6) is 0 Å². The van der Waals surface area contributed by atoms with Gasteiger partial charge in [-0.2, -0.15) is 5.26 Å². The van der Waals surface area contributed by atoms with Gasteiger partial charge in [0, 0.05) is 11.3 Å². The monoisotopic (exact) mass is 203 g/mol. The number of furan rings is 1. The van der Waals surface area contributed by atoms with Crippen LogP contribution in [-0.4, -0.2) is 0 Å². The van der Waals surface area contributed by atoms with Gasteiger partial charge in [-0.3, -0.25) is 0 Å². The van der Waals surface area contributed by atoms with Crippen molar-refractivity contribution in [3.63, 3.8) is 0 Å². The van der Waals surface area contributed by atoms with Crippen molar-refractivity contribution in [1.29, 1.82) is 5.26 Å². The van der Waals surface area contributed by atoms with Crippen molar-refractivity contribution in [2.45, 2.75) is 13.3 Å². The largest absolute Gasteiger partial charge is 0.472 e. The normalized spacial score (nSPS) is 10.0. The number of hydrogen-bond acceptors (Lipinski definition) is 3. The third kappa shape index (κ3) is 1.70. The van der Waals surface area contributed by atoms with Gasteiger partial charge in [0.05, 0.1) is 12.5 Å². The Morgan fingerprint density at radius 1 is 1.57 bits per heavy atom. The van der Waals surface area contributed by atoms with E-state index in [9.17, 15) is 0 Å². The third-order valence-corrected chi connectivity index (χ3v) is 3.17. The zero-order valence-electron chi connectivity index (χ0n) is 7.78. The van der Waals surface area contributed by atoms with E-state index in [0.29, 0.717) is 0 Å². The maximum Gasteiger partial charge on any atom is 0.110 e. The first kappa shape index (κ1) is 9.04. The molecule has 0 aliphatic carbocycles. The molecule has 0 bridgehead atoms. The lowest BCUT2D eigenvalue weighted by molar-refractivity contribution is 0.564. The maximum atomic E-state index is 8.80. The molecule has 3 heteroatoms. The molecule has 0 fully saturated rings. The molecule has 0 aliphatic heterocycles. The van der Waals surface area contributed by atoms with E-state index < -0.39 is 0 Å². The summed E-state index contributed by atoms with van der Waals surface area (Å²) in [6.45, 7) is 1.97. The molecule has 0 radical (unpaired) electrons. The van der Waals surface area contributed by atoms with E-state index in [1.807, 2.05) is 13.0 Å². The summed E-state index contributed by atoms with van der Waals surface area (Å²) in [5, 5.41) is 8.80. The Balaban J connectivity index is 2.23. The second kappa shape index (κ2) is 3.69. The Bertz CT molecular complexity index is 462. The Morgan fingerprint density at radius 2 is 2.43 bits per heavy atom. The van der Waals surface area contributed by atoms with Crippen LogP contribution in [0.3, 0.4) is 0 Å². The molecule has 2 aromatic rings. The molecule has 70 valence electrons. The van der Waals surface area contributed by atoms with Gasteiger partial charge in [-0.15, -0.1) is 11.3 Å². The minimum Gasteiger partial charge on any atom is -0.472 e. The first-order valence-corrected chi connectivity index (χ1v) is 5.11. The van der Waals surface area contributed by atoms with E-state index in [1.165, 1.54) is 4.88 Å². The van der Waals surface area contributed by atoms with Crippen LogP contribution in [0.1, 0.15) is 20.9 Å². The molecule has 0 aromatic carbocycles. The summed E-state index contributed by atoms with van der Waals surface area (Å²) >= 11 is 1.55. The summed E-state index contributed by atoms with van der Waals surface area (Å²) in [7, 11) is 0. The predicted octanol–water partition coefficient (Wildman–Crippen LogP) is 3.11. The highest BCUT2D eigenvalue weighted by Gasteiger charge is 2.05. The number of nitrogens with zero attached hydrogens (tertiary/aromatic N) is 1. The van der Waals surface area contributed by atoms with Gasteiger partial charge >= 0.3 is 0 Å². The maximum absolute atomic E-state index is 8.80. The van der Waals surface area contributed by atoms with Crippen molar-refractivity contribution in [3.8, 4) is 6.07 Å². The number of hydrogen-bond donors (Lipinski definition) is 0. The Labute approximate surface area is 86.4 Å². The molecule has 2 heterocycles. The van der Waals surface area contributed by atoms with E-state index in [4.69, 9.17) is 9.68 Å². The molecule has 0 saturated carbocycles. The molecule has 2 rings (SSSR count). The lowest BCUT2D eigenvalue weighted by Gasteiger charge is -1.89. The van der Waals surface area contributed by atoms with Crippen LogP contribution in [-0.2, 0) is 6.42 Å². The first-order chi connectivity index (χ1) is 6.79. The van der Waals surface area contributed by atoms with Gasteiger partial charge < -0.3 is 4.42 Å². The number of thiophene rings is 1. The Morgan fingerprint density at radius 3 is 3.00 bits per heavy atom. The van der Waals surface area contributed by atoms with E-state index in [2.05, 4.69) is 12.1 Å². The van der Waals surface area contributed by atoms with Crippen LogP contribution in [0, 0.1) is 18.3 Å². The fourth-order valence-corrected chi connectivity index (χ4v) is 2.34. The van der Waals surface area contributed by atoms with Gasteiger partial charge in [0.2, 0.25) is 0 Å². The molecule has 2 aromatic heterocycles. The van der Waals surface area contributed by atoms with Crippen LogP contribution >= 0.6 is 11.3 Å². The van der Waals surface area contributed by atoms with Crippen LogP contribution in [0.25, 0.3) is 0 Å². The summed E-state index contributed by atoms with van der Waals surface area (Å²) in [5.74, 6) is 0. The molecule has 2 nitrogen and oxygen atoms in total. The molecule has 0 N–H and O–H groups in total. The molecule has 0 unspecified atom stereocenters. The second-order valence-electron chi connectivity index (χ2n) is 3.15. The van der Waals surface area contributed by atoms with E-state index >= 15 is 0 Å². The zero-order chi connectivity index (χ0) is 9.97. The molecule has 0 amide bonds. The predicted molar refractivity (Wildman–Crippen MR) is 55.3 cm³/mol. The van der Waals surface area contributed by atoms with Crippen LogP contribution in [0.4, 0.5) is 0 Å². The Hall–Kier alpha value is -1.53. The minimum atomic E-state index is 0.809. The molecular formula is C11H9NOS. The lowest BCUT2D eigenvalue weighted by Crippen LogP contribution is -1.78. The molecule has 0 aliphatic rings. The summed E-state index contributed by atoms with van der Waals surface area (Å²) in [6.07, 6.45) is 4.26. The van der Waals surface area contributed by atoms with Gasteiger partial charge in [-0.1, -0.05) is 0 Å². The van der Waals surface area contributed by atoms with Gasteiger partial charge in [0.25, 0.3) is 0 Å². The van der Waals surface area contributed by atoms with Crippen molar-refractivity contribution in [3.05, 3.63) is 45.5 Å². The SMILES string of the molecule is Cc1cc(Cc2ccoc2)sc1C#N. The second-order valence-corrected chi connectivity index (χ2v) is 4.28. The van der Waals surface area contributed by atoms with Crippen molar-refractivity contribution < 1.29 is 4.42 Å². The molecule has 0 saturated heterocycles. The van der Waals surface area contributed by atoms with Crippen LogP contribution < -0.4 is 0 Å². The van der Waals surface area contributed by atoms with Crippen LogP contribution in [0.15, 0.2) is 29.1 Å². The first-order valence-electron chi connectivity index (χ1n) is 4.30. The summed E-state index contributed by atoms with van der Waals surface area (Å²) in [4.78, 5) is 2.02. The van der Waals surface area contributed by atoms with E-state index in [0.717, 1.165) is 22.4 Å². The molecule has 0 atom stereocenters. The third-order valence-electron chi connectivity index (χ3n) is 2.03. The van der Waals surface area contributed by atoms with Crippen molar-refractivity contribution in [2.24, 2.45) is 0 Å². The summed E-state index contributed by atoms with van der Waals surface area (Å²) in [5.41, 5.74) is 2.21. The number of nitriles is 1. The topological polar surface area (TPSA) is 36.9 Å². The highest BCUT2D eigenvalue weighted by Crippen LogP contribution is 2.23. The molecular weight excluding hydrogens is 194 g/mol. The number of aryl methyl sites for hydroxylation is 1. The van der Waals surface area contributed by atoms with Crippen molar-refractivity contribution >= 4 is 11.3 Å².